The van der Waals surface area contributed by atoms with E-state index in [1.54, 1.807) is 0 Å². The van der Waals surface area contributed by atoms with Crippen LogP contribution in [0.4, 0.5) is 5.82 Å². The molecule has 1 unspecified atom stereocenters. The zero-order chi connectivity index (χ0) is 15.8. The summed E-state index contributed by atoms with van der Waals surface area (Å²) >= 11 is 11.6. The molecule has 1 fully saturated rings. The molecule has 2 heterocycles. The van der Waals surface area contributed by atoms with Crippen molar-refractivity contribution < 1.29 is 14.9 Å². The van der Waals surface area contributed by atoms with Crippen LogP contribution in [0, 0.1) is 11.3 Å². The lowest BCUT2D eigenvalue weighted by Crippen LogP contribution is -2.45. The Labute approximate surface area is 129 Å². The number of hydrogen-bond donors (Lipinski definition) is 3. The second-order valence-electron chi connectivity index (χ2n) is 4.53. The van der Waals surface area contributed by atoms with Gasteiger partial charge in [0.25, 0.3) is 0 Å². The van der Waals surface area contributed by atoms with Gasteiger partial charge in [-0.1, -0.05) is 17.5 Å². The van der Waals surface area contributed by atoms with Crippen LogP contribution in [0.5, 0.6) is 0 Å². The number of aliphatic hydroxyl groups excluding tert-OH is 2. The van der Waals surface area contributed by atoms with Gasteiger partial charge in [0, 0.05) is 5.38 Å². The quantitative estimate of drug-likeness (QED) is 0.470. The lowest BCUT2D eigenvalue weighted by molar-refractivity contribution is -0.0809. The minimum Gasteiger partial charge on any atom is -0.391 e. The normalized spacial score (nSPS) is 33.3. The van der Waals surface area contributed by atoms with Gasteiger partial charge >= 0.3 is 5.69 Å². The first kappa shape index (κ1) is 16.0. The minimum atomic E-state index is -1.77. The summed E-state index contributed by atoms with van der Waals surface area (Å²) in [5.74, 6) is 2.30. The van der Waals surface area contributed by atoms with Crippen LogP contribution in [0.3, 0.4) is 0 Å². The third kappa shape index (κ3) is 2.71. The predicted octanol–water partition coefficient (Wildman–Crippen LogP) is -0.963. The van der Waals surface area contributed by atoms with Crippen molar-refractivity contribution in [3.63, 3.8) is 0 Å². The van der Waals surface area contributed by atoms with Gasteiger partial charge < -0.3 is 20.7 Å². The molecule has 0 aromatic carbocycles. The van der Waals surface area contributed by atoms with Gasteiger partial charge in [-0.3, -0.25) is 0 Å². The Morgan fingerprint density at radius 2 is 2.33 bits per heavy atom. The van der Waals surface area contributed by atoms with Gasteiger partial charge in [-0.2, -0.15) is 14.8 Å². The predicted molar refractivity (Wildman–Crippen MR) is 74.5 cm³/mol. The molecule has 1 aromatic heterocycles. The van der Waals surface area contributed by atoms with E-state index in [-0.39, 0.29) is 5.82 Å². The molecule has 0 radical (unpaired) electrons. The van der Waals surface area contributed by atoms with E-state index in [2.05, 4.69) is 21.4 Å². The van der Waals surface area contributed by atoms with Crippen LogP contribution < -0.4 is 11.4 Å². The molecule has 8 nitrogen and oxygen atoms in total. The molecular formula is C11H12Cl2N4O4. The average Bonchev–Trinajstić information content (AvgIpc) is 2.64. The number of aromatic nitrogens is 3. The number of anilines is 1. The maximum atomic E-state index is 11.8. The van der Waals surface area contributed by atoms with Crippen molar-refractivity contribution in [3.8, 4) is 11.3 Å². The molecule has 2 rings (SSSR count). The summed E-state index contributed by atoms with van der Waals surface area (Å²) in [5.41, 5.74) is 4.52. The fourth-order valence-electron chi connectivity index (χ4n) is 2.05. The first-order valence-corrected chi connectivity index (χ1v) is 6.61. The summed E-state index contributed by atoms with van der Waals surface area (Å²) in [6.07, 6.45) is -3.70. The van der Waals surface area contributed by atoms with E-state index >= 15 is 0 Å². The molecule has 10 heteroatoms. The van der Waals surface area contributed by atoms with E-state index in [1.807, 2.05) is 0 Å². The molecule has 0 amide bonds. The highest BCUT2D eigenvalue weighted by Crippen LogP contribution is 2.43. The summed E-state index contributed by atoms with van der Waals surface area (Å²) in [6.45, 7) is 1.40. The molecule has 21 heavy (non-hydrogen) atoms. The van der Waals surface area contributed by atoms with E-state index < -0.39 is 35.1 Å². The molecule has 1 aromatic rings. The highest BCUT2D eigenvalue weighted by Gasteiger charge is 2.57. The first-order valence-electron chi connectivity index (χ1n) is 5.86. The fourth-order valence-corrected chi connectivity index (χ4v) is 2.57. The summed E-state index contributed by atoms with van der Waals surface area (Å²) in [4.78, 5) is 13.6. The maximum Gasteiger partial charge on any atom is 0.368 e. The molecule has 0 spiro atoms. The second-order valence-corrected chi connectivity index (χ2v) is 5.35. The van der Waals surface area contributed by atoms with Crippen LogP contribution in [0.2, 0.25) is 0 Å². The molecular weight excluding hydrogens is 323 g/mol. The highest BCUT2D eigenvalue weighted by molar-refractivity contribution is 6.32. The maximum absolute atomic E-state index is 11.8. The lowest BCUT2D eigenvalue weighted by atomic mass is 9.97. The van der Waals surface area contributed by atoms with E-state index in [0.29, 0.717) is 0 Å². The van der Waals surface area contributed by atoms with Crippen molar-refractivity contribution in [1.29, 1.82) is 0 Å². The average molecular weight is 335 g/mol. The highest BCUT2D eigenvalue weighted by atomic mass is 35.5. The molecule has 4 N–H and O–H groups in total. The van der Waals surface area contributed by atoms with Crippen molar-refractivity contribution in [2.45, 2.75) is 36.3 Å². The van der Waals surface area contributed by atoms with Crippen LogP contribution in [-0.2, 0) is 4.74 Å². The number of nitrogens with zero attached hydrogens (tertiary/aromatic N) is 3. The Morgan fingerprint density at radius 3 is 2.86 bits per heavy atom. The van der Waals surface area contributed by atoms with E-state index in [4.69, 9.17) is 33.7 Å². The molecule has 5 atom stereocenters. The SMILES string of the molecule is C[C@H](O)[C@H]1O[C@@H](n2ncc(N)nc2=O)C(Cl)(C#CCl)[C@H]1O. The van der Waals surface area contributed by atoms with E-state index in [9.17, 15) is 15.0 Å². The number of rotatable bonds is 2. The number of nitrogen functional groups attached to an aromatic ring is 1. The van der Waals surface area contributed by atoms with Gasteiger partial charge in [0.2, 0.25) is 0 Å². The fraction of sp³-hybridized carbons (Fsp3) is 0.545. The van der Waals surface area contributed by atoms with Gasteiger partial charge in [0.1, 0.15) is 18.0 Å². The molecule has 1 aliphatic rings. The van der Waals surface area contributed by atoms with Crippen LogP contribution >= 0.6 is 23.2 Å². The smallest absolute Gasteiger partial charge is 0.368 e. The standard InChI is InChI=1S/C11H12Cl2N4O4/c1-5(18)7-8(19)11(13,2-3-12)9(21-7)17-10(20)16-6(14)4-15-17/h4-5,7-9,18-19H,1H3,(H2,14,16,20)/t5-,7+,8-,9+,11?/m0/s1. The van der Waals surface area contributed by atoms with Crippen molar-refractivity contribution in [2.75, 3.05) is 5.73 Å². The van der Waals surface area contributed by atoms with Crippen molar-refractivity contribution in [3.05, 3.63) is 16.7 Å². The molecule has 0 bridgehead atoms. The minimum absolute atomic E-state index is 0.0783. The number of nitrogens with two attached hydrogens (primary N) is 1. The molecule has 1 aliphatic heterocycles. The third-order valence-corrected chi connectivity index (χ3v) is 3.66. The Morgan fingerprint density at radius 1 is 1.67 bits per heavy atom. The summed E-state index contributed by atoms with van der Waals surface area (Å²) in [6, 6.07) is 0. The zero-order valence-electron chi connectivity index (χ0n) is 10.8. The van der Waals surface area contributed by atoms with Crippen molar-refractivity contribution in [1.82, 2.24) is 14.8 Å². The first-order chi connectivity index (χ1) is 9.81. The van der Waals surface area contributed by atoms with Crippen LogP contribution in [0.25, 0.3) is 0 Å². The summed E-state index contributed by atoms with van der Waals surface area (Å²) in [7, 11) is 0. The van der Waals surface area contributed by atoms with Gasteiger partial charge in [-0.05, 0) is 18.5 Å². The number of halogens is 2. The van der Waals surface area contributed by atoms with Crippen LogP contribution in [-0.4, -0.2) is 48.2 Å². The van der Waals surface area contributed by atoms with Gasteiger partial charge in [-0.25, -0.2) is 4.79 Å². The van der Waals surface area contributed by atoms with Crippen molar-refractivity contribution >= 4 is 29.0 Å². The van der Waals surface area contributed by atoms with Crippen molar-refractivity contribution in [2.24, 2.45) is 0 Å². The monoisotopic (exact) mass is 334 g/mol. The zero-order valence-corrected chi connectivity index (χ0v) is 12.3. The largest absolute Gasteiger partial charge is 0.391 e. The molecule has 1 saturated heterocycles. The number of ether oxygens (including phenoxy) is 1. The number of aliphatic hydroxyl groups is 2. The van der Waals surface area contributed by atoms with E-state index in [1.165, 1.54) is 6.92 Å². The Kier molecular flexibility index (Phi) is 4.41. The Balaban J connectivity index is 2.54. The van der Waals surface area contributed by atoms with Gasteiger partial charge in [-0.15, -0.1) is 0 Å². The van der Waals surface area contributed by atoms with Crippen LogP contribution in [0.1, 0.15) is 13.2 Å². The van der Waals surface area contributed by atoms with E-state index in [0.717, 1.165) is 10.9 Å². The Bertz CT molecular complexity index is 656. The topological polar surface area (TPSA) is 123 Å². The van der Waals surface area contributed by atoms with Gasteiger partial charge in [0.05, 0.1) is 12.3 Å². The molecule has 0 saturated carbocycles. The number of alkyl halides is 1. The van der Waals surface area contributed by atoms with Gasteiger partial charge in [0.15, 0.2) is 11.1 Å². The summed E-state index contributed by atoms with van der Waals surface area (Å²) in [5, 5.41) is 25.7. The van der Waals surface area contributed by atoms with Crippen LogP contribution in [0.15, 0.2) is 11.0 Å². The number of hydrogen-bond acceptors (Lipinski definition) is 7. The Hall–Kier alpha value is -1.37. The summed E-state index contributed by atoms with van der Waals surface area (Å²) < 4.78 is 6.22. The third-order valence-electron chi connectivity index (χ3n) is 3.06. The molecule has 114 valence electrons. The molecule has 0 aliphatic carbocycles. The lowest BCUT2D eigenvalue weighted by Gasteiger charge is -2.24. The second kappa shape index (κ2) is 5.79.